The number of carbonyl (C=O) groups is 2. The first kappa shape index (κ1) is 13.0. The Morgan fingerprint density at radius 3 is 2.56 bits per heavy atom. The van der Waals surface area contributed by atoms with Gasteiger partial charge in [-0.25, -0.2) is 0 Å². The highest BCUT2D eigenvalue weighted by Gasteiger charge is 2.16. The lowest BCUT2D eigenvalue weighted by Crippen LogP contribution is -2.33. The van der Waals surface area contributed by atoms with Crippen LogP contribution in [0.15, 0.2) is 30.3 Å². The van der Waals surface area contributed by atoms with E-state index in [0.29, 0.717) is 5.56 Å². The minimum atomic E-state index is -0.365. The van der Waals surface area contributed by atoms with E-state index in [1.807, 2.05) is 28.7 Å². The number of alkyl halides is 1. The molecule has 0 bridgehead atoms. The van der Waals surface area contributed by atoms with Crippen molar-refractivity contribution in [1.82, 2.24) is 5.32 Å². The number of esters is 1. The van der Waals surface area contributed by atoms with Gasteiger partial charge < -0.3 is 10.1 Å². The Morgan fingerprint density at radius 2 is 2.00 bits per heavy atom. The average Bonchev–Trinajstić information content (AvgIpc) is 2.35. The molecule has 5 heteroatoms. The fourth-order valence-electron chi connectivity index (χ4n) is 1.09. The number of benzene rings is 1. The van der Waals surface area contributed by atoms with E-state index in [1.165, 1.54) is 7.11 Å². The Labute approximate surface area is 108 Å². The fraction of sp³-hybridized carbons (Fsp3) is 0.273. The van der Waals surface area contributed by atoms with Crippen molar-refractivity contribution in [3.63, 3.8) is 0 Å². The maximum Gasteiger partial charge on any atom is 0.320 e. The molecule has 86 valence electrons. The van der Waals surface area contributed by atoms with E-state index >= 15 is 0 Å². The van der Waals surface area contributed by atoms with Gasteiger partial charge in [0.1, 0.15) is 3.92 Å². The summed E-state index contributed by atoms with van der Waals surface area (Å²) in [6.07, 6.45) is 0. The van der Waals surface area contributed by atoms with Crippen LogP contribution in [0.3, 0.4) is 0 Å². The van der Waals surface area contributed by atoms with Gasteiger partial charge in [0.05, 0.1) is 7.11 Å². The van der Waals surface area contributed by atoms with Crippen molar-refractivity contribution in [3.05, 3.63) is 35.9 Å². The minimum absolute atomic E-state index is 0.189. The fourth-order valence-corrected chi connectivity index (χ4v) is 1.56. The maximum atomic E-state index is 11.6. The van der Waals surface area contributed by atoms with E-state index in [2.05, 4.69) is 10.1 Å². The highest BCUT2D eigenvalue weighted by Crippen LogP contribution is 2.02. The van der Waals surface area contributed by atoms with Crippen molar-refractivity contribution in [3.8, 4) is 0 Å². The molecule has 16 heavy (non-hydrogen) atoms. The third-order valence-corrected chi connectivity index (χ3v) is 2.88. The van der Waals surface area contributed by atoms with Crippen LogP contribution in [0.1, 0.15) is 10.4 Å². The van der Waals surface area contributed by atoms with Crippen LogP contribution in [-0.4, -0.2) is 29.5 Å². The Bertz CT molecular complexity index is 367. The monoisotopic (exact) mass is 333 g/mol. The molecule has 1 N–H and O–H groups in total. The van der Waals surface area contributed by atoms with Gasteiger partial charge in [0.25, 0.3) is 5.91 Å². The number of carbonyl (C=O) groups excluding carboxylic acids is 2. The summed E-state index contributed by atoms with van der Waals surface area (Å²) in [4.78, 5) is 22.7. The molecule has 1 aromatic rings. The summed E-state index contributed by atoms with van der Waals surface area (Å²) in [5, 5.41) is 2.67. The molecule has 0 aromatic heterocycles. The lowest BCUT2D eigenvalue weighted by atomic mass is 10.2. The van der Waals surface area contributed by atoms with Crippen LogP contribution in [0, 0.1) is 0 Å². The van der Waals surface area contributed by atoms with E-state index in [4.69, 9.17) is 0 Å². The van der Waals surface area contributed by atoms with Crippen LogP contribution in [0.5, 0.6) is 0 Å². The van der Waals surface area contributed by atoms with Gasteiger partial charge in [-0.3, -0.25) is 9.59 Å². The van der Waals surface area contributed by atoms with E-state index in [0.717, 1.165) is 0 Å². The molecule has 1 atom stereocenters. The second-order valence-electron chi connectivity index (χ2n) is 3.07. The van der Waals surface area contributed by atoms with Crippen LogP contribution in [-0.2, 0) is 9.53 Å². The SMILES string of the molecule is COC(=O)C(I)CNC(=O)c1ccccc1. The third kappa shape index (κ3) is 3.80. The van der Waals surface area contributed by atoms with Crippen molar-refractivity contribution in [2.24, 2.45) is 0 Å². The predicted octanol–water partition coefficient (Wildman–Crippen LogP) is 1.39. The standard InChI is InChI=1S/C11H12INO3/c1-16-11(15)9(12)7-13-10(14)8-5-3-2-4-6-8/h2-6,9H,7H2,1H3,(H,13,14). The van der Waals surface area contributed by atoms with E-state index in [-0.39, 0.29) is 22.3 Å². The molecule has 1 aromatic carbocycles. The molecular weight excluding hydrogens is 321 g/mol. The predicted molar refractivity (Wildman–Crippen MR) is 68.6 cm³/mol. The van der Waals surface area contributed by atoms with Crippen LogP contribution in [0.4, 0.5) is 0 Å². The minimum Gasteiger partial charge on any atom is -0.468 e. The van der Waals surface area contributed by atoms with Gasteiger partial charge in [-0.1, -0.05) is 40.8 Å². The first-order valence-corrected chi connectivity index (χ1v) is 5.95. The molecule has 1 unspecified atom stereocenters. The highest BCUT2D eigenvalue weighted by molar-refractivity contribution is 14.1. The molecule has 0 aliphatic rings. The van der Waals surface area contributed by atoms with Crippen molar-refractivity contribution in [1.29, 1.82) is 0 Å². The molecule has 0 saturated heterocycles. The number of rotatable bonds is 4. The Hall–Kier alpha value is -1.11. The van der Waals surface area contributed by atoms with Crippen molar-refractivity contribution >= 4 is 34.5 Å². The zero-order valence-electron chi connectivity index (χ0n) is 8.77. The summed E-state index contributed by atoms with van der Waals surface area (Å²) in [5.74, 6) is -0.528. The van der Waals surface area contributed by atoms with Crippen molar-refractivity contribution in [2.45, 2.75) is 3.92 Å². The summed E-state index contributed by atoms with van der Waals surface area (Å²) in [6.45, 7) is 0.265. The van der Waals surface area contributed by atoms with Crippen LogP contribution in [0.25, 0.3) is 0 Å². The molecule has 0 spiro atoms. The third-order valence-electron chi connectivity index (χ3n) is 1.93. The molecule has 4 nitrogen and oxygen atoms in total. The van der Waals surface area contributed by atoms with Gasteiger partial charge in [-0.2, -0.15) is 0 Å². The number of nitrogens with one attached hydrogen (secondary N) is 1. The molecule has 0 fully saturated rings. The Morgan fingerprint density at radius 1 is 1.38 bits per heavy atom. The summed E-state index contributed by atoms with van der Waals surface area (Å²) >= 11 is 1.93. The molecule has 1 rings (SSSR count). The average molecular weight is 333 g/mol. The zero-order valence-corrected chi connectivity index (χ0v) is 10.9. The Kier molecular flexibility index (Phi) is 5.24. The largest absolute Gasteiger partial charge is 0.468 e. The van der Waals surface area contributed by atoms with Crippen LogP contribution in [0.2, 0.25) is 0 Å². The first-order chi connectivity index (χ1) is 7.65. The van der Waals surface area contributed by atoms with E-state index in [1.54, 1.807) is 24.3 Å². The molecule has 0 aliphatic carbocycles. The molecule has 0 radical (unpaired) electrons. The maximum absolute atomic E-state index is 11.6. The van der Waals surface area contributed by atoms with Gasteiger partial charge in [-0.05, 0) is 12.1 Å². The lowest BCUT2D eigenvalue weighted by Gasteiger charge is -2.09. The number of methoxy groups -OCH3 is 1. The zero-order chi connectivity index (χ0) is 12.0. The summed E-state index contributed by atoms with van der Waals surface area (Å²) in [7, 11) is 1.33. The van der Waals surface area contributed by atoms with Crippen molar-refractivity contribution < 1.29 is 14.3 Å². The number of hydrogen-bond acceptors (Lipinski definition) is 3. The van der Waals surface area contributed by atoms with Crippen LogP contribution < -0.4 is 5.32 Å². The van der Waals surface area contributed by atoms with Gasteiger partial charge in [0, 0.05) is 12.1 Å². The number of amides is 1. The quantitative estimate of drug-likeness (QED) is 0.515. The first-order valence-electron chi connectivity index (χ1n) is 4.70. The van der Waals surface area contributed by atoms with Gasteiger partial charge in [-0.15, -0.1) is 0 Å². The number of ether oxygens (including phenoxy) is 1. The molecule has 0 aliphatic heterocycles. The number of hydrogen-bond donors (Lipinski definition) is 1. The molecule has 1 amide bonds. The second-order valence-corrected chi connectivity index (χ2v) is 4.57. The summed E-state index contributed by atoms with van der Waals surface area (Å²) < 4.78 is 4.19. The number of halogens is 1. The Balaban J connectivity index is 2.45. The van der Waals surface area contributed by atoms with E-state index < -0.39 is 0 Å². The normalized spacial score (nSPS) is 11.6. The molecule has 0 saturated carbocycles. The summed E-state index contributed by atoms with van der Waals surface area (Å²) in [5.41, 5.74) is 0.580. The summed E-state index contributed by atoms with van der Waals surface area (Å²) in [6, 6.07) is 8.85. The molecular formula is C11H12INO3. The smallest absolute Gasteiger partial charge is 0.320 e. The molecule has 0 heterocycles. The van der Waals surface area contributed by atoms with Gasteiger partial charge in [0.15, 0.2) is 0 Å². The second kappa shape index (κ2) is 6.47. The van der Waals surface area contributed by atoms with E-state index in [9.17, 15) is 9.59 Å². The van der Waals surface area contributed by atoms with Crippen molar-refractivity contribution in [2.75, 3.05) is 13.7 Å². The van der Waals surface area contributed by atoms with Gasteiger partial charge >= 0.3 is 5.97 Å². The highest BCUT2D eigenvalue weighted by atomic mass is 127. The topological polar surface area (TPSA) is 55.4 Å². The van der Waals surface area contributed by atoms with Crippen LogP contribution >= 0.6 is 22.6 Å². The lowest BCUT2D eigenvalue weighted by molar-refractivity contribution is -0.139. The van der Waals surface area contributed by atoms with Gasteiger partial charge in [0.2, 0.25) is 0 Å².